The quantitative estimate of drug-likeness (QED) is 0.359. The normalized spacial score (nSPS) is 10.8. The van der Waals surface area contributed by atoms with E-state index in [0.29, 0.717) is 27.7 Å². The standard InChI is InChI=1S/C26H22ClN3O3/c1-17-3-12-24(18(2)13-17)30-26(32)20(15-28)14-19-4-10-23(11-5-19)33-16-25(31)29-22-8-6-21(27)7-9-22/h3-14H,16H2,1-2H3,(H,29,31)(H,30,32)/b20-14+. The Balaban J connectivity index is 1.58. The lowest BCUT2D eigenvalue weighted by Gasteiger charge is -2.09. The van der Waals surface area contributed by atoms with Gasteiger partial charge in [-0.2, -0.15) is 5.26 Å². The SMILES string of the molecule is Cc1ccc(NC(=O)/C(C#N)=C/c2ccc(OCC(=O)Nc3ccc(Cl)cc3)cc2)c(C)c1. The molecule has 0 unspecified atom stereocenters. The molecule has 0 aromatic heterocycles. The molecule has 0 aliphatic carbocycles. The third-order valence-electron chi connectivity index (χ3n) is 4.68. The summed E-state index contributed by atoms with van der Waals surface area (Å²) in [5.41, 5.74) is 3.92. The molecule has 0 atom stereocenters. The molecule has 3 aromatic carbocycles. The Labute approximate surface area is 197 Å². The van der Waals surface area contributed by atoms with Crippen LogP contribution in [0.3, 0.4) is 0 Å². The van der Waals surface area contributed by atoms with Crippen molar-refractivity contribution in [2.75, 3.05) is 17.2 Å². The zero-order valence-corrected chi connectivity index (χ0v) is 18.9. The number of benzene rings is 3. The first kappa shape index (κ1) is 23.6. The van der Waals surface area contributed by atoms with Gasteiger partial charge in [0.1, 0.15) is 17.4 Å². The summed E-state index contributed by atoms with van der Waals surface area (Å²) in [7, 11) is 0. The lowest BCUT2D eigenvalue weighted by molar-refractivity contribution is -0.118. The molecule has 2 amide bonds. The molecule has 0 saturated carbocycles. The minimum Gasteiger partial charge on any atom is -0.484 e. The molecular weight excluding hydrogens is 438 g/mol. The van der Waals surface area contributed by atoms with Crippen LogP contribution in [0.25, 0.3) is 6.08 Å². The molecule has 7 heteroatoms. The van der Waals surface area contributed by atoms with Crippen molar-refractivity contribution in [2.24, 2.45) is 0 Å². The summed E-state index contributed by atoms with van der Waals surface area (Å²) in [6.45, 7) is 3.70. The summed E-state index contributed by atoms with van der Waals surface area (Å²) in [6.07, 6.45) is 1.50. The monoisotopic (exact) mass is 459 g/mol. The maximum absolute atomic E-state index is 12.5. The van der Waals surface area contributed by atoms with Crippen molar-refractivity contribution in [1.82, 2.24) is 0 Å². The molecule has 0 aliphatic rings. The van der Waals surface area contributed by atoms with E-state index in [1.54, 1.807) is 48.5 Å². The van der Waals surface area contributed by atoms with Crippen LogP contribution in [0, 0.1) is 25.2 Å². The second kappa shape index (κ2) is 11.0. The number of nitrogens with zero attached hydrogens (tertiary/aromatic N) is 1. The Bertz CT molecular complexity index is 1230. The van der Waals surface area contributed by atoms with Crippen molar-refractivity contribution < 1.29 is 14.3 Å². The fraction of sp³-hybridized carbons (Fsp3) is 0.115. The number of nitriles is 1. The smallest absolute Gasteiger partial charge is 0.266 e. The van der Waals surface area contributed by atoms with E-state index in [4.69, 9.17) is 16.3 Å². The molecule has 0 fully saturated rings. The number of carbonyl (C=O) groups excluding carboxylic acids is 2. The first-order valence-electron chi connectivity index (χ1n) is 10.1. The number of rotatable bonds is 7. The summed E-state index contributed by atoms with van der Waals surface area (Å²) >= 11 is 5.83. The van der Waals surface area contributed by atoms with Gasteiger partial charge in [0.05, 0.1) is 0 Å². The van der Waals surface area contributed by atoms with Crippen LogP contribution in [-0.4, -0.2) is 18.4 Å². The van der Waals surface area contributed by atoms with Crippen molar-refractivity contribution >= 4 is 40.9 Å². The van der Waals surface area contributed by atoms with Crippen LogP contribution in [0.1, 0.15) is 16.7 Å². The van der Waals surface area contributed by atoms with Gasteiger partial charge in [0.15, 0.2) is 6.61 Å². The Kier molecular flexibility index (Phi) is 7.85. The fourth-order valence-electron chi connectivity index (χ4n) is 3.00. The van der Waals surface area contributed by atoms with E-state index in [-0.39, 0.29) is 18.1 Å². The van der Waals surface area contributed by atoms with Gasteiger partial charge in [-0.15, -0.1) is 0 Å². The first-order chi connectivity index (χ1) is 15.8. The lowest BCUT2D eigenvalue weighted by Crippen LogP contribution is -2.20. The fourth-order valence-corrected chi connectivity index (χ4v) is 3.12. The van der Waals surface area contributed by atoms with E-state index in [9.17, 15) is 14.9 Å². The lowest BCUT2D eigenvalue weighted by atomic mass is 10.1. The molecule has 6 nitrogen and oxygen atoms in total. The van der Waals surface area contributed by atoms with Crippen molar-refractivity contribution in [2.45, 2.75) is 13.8 Å². The van der Waals surface area contributed by atoms with E-state index >= 15 is 0 Å². The molecule has 2 N–H and O–H groups in total. The van der Waals surface area contributed by atoms with Crippen LogP contribution in [0.4, 0.5) is 11.4 Å². The van der Waals surface area contributed by atoms with Gasteiger partial charge < -0.3 is 15.4 Å². The number of halogens is 1. The highest BCUT2D eigenvalue weighted by Crippen LogP contribution is 2.19. The highest BCUT2D eigenvalue weighted by molar-refractivity contribution is 6.30. The van der Waals surface area contributed by atoms with E-state index in [1.165, 1.54) is 6.08 Å². The minimum atomic E-state index is -0.483. The minimum absolute atomic E-state index is 0.0222. The predicted molar refractivity (Wildman–Crippen MR) is 130 cm³/mol. The van der Waals surface area contributed by atoms with Gasteiger partial charge in [-0.05, 0) is 73.5 Å². The number of hydrogen-bond donors (Lipinski definition) is 2. The summed E-state index contributed by atoms with van der Waals surface area (Å²) in [5, 5.41) is 15.5. The second-order valence-electron chi connectivity index (χ2n) is 7.36. The molecule has 0 saturated heterocycles. The summed E-state index contributed by atoms with van der Waals surface area (Å²) in [6, 6.07) is 21.1. The molecule has 0 spiro atoms. The highest BCUT2D eigenvalue weighted by Gasteiger charge is 2.11. The molecule has 0 radical (unpaired) electrons. The molecule has 33 heavy (non-hydrogen) atoms. The number of ether oxygens (including phenoxy) is 1. The van der Waals surface area contributed by atoms with Crippen molar-refractivity contribution in [3.05, 3.63) is 94.0 Å². The molecule has 0 bridgehead atoms. The van der Waals surface area contributed by atoms with Gasteiger partial charge in [0.2, 0.25) is 0 Å². The highest BCUT2D eigenvalue weighted by atomic mass is 35.5. The third-order valence-corrected chi connectivity index (χ3v) is 4.94. The summed E-state index contributed by atoms with van der Waals surface area (Å²) in [4.78, 5) is 24.6. The van der Waals surface area contributed by atoms with Crippen molar-refractivity contribution in [3.8, 4) is 11.8 Å². The molecule has 166 valence electrons. The molecule has 0 heterocycles. The Morgan fingerprint density at radius 1 is 1.00 bits per heavy atom. The van der Waals surface area contributed by atoms with E-state index in [0.717, 1.165) is 11.1 Å². The van der Waals surface area contributed by atoms with Crippen molar-refractivity contribution in [3.63, 3.8) is 0 Å². The Morgan fingerprint density at radius 3 is 2.33 bits per heavy atom. The Hall–Kier alpha value is -4.08. The van der Waals surface area contributed by atoms with E-state index in [1.807, 2.05) is 38.1 Å². The van der Waals surface area contributed by atoms with Gasteiger partial charge in [0, 0.05) is 16.4 Å². The second-order valence-corrected chi connectivity index (χ2v) is 7.79. The van der Waals surface area contributed by atoms with Gasteiger partial charge in [0.25, 0.3) is 11.8 Å². The molecule has 0 aliphatic heterocycles. The maximum atomic E-state index is 12.5. The van der Waals surface area contributed by atoms with Gasteiger partial charge in [-0.1, -0.05) is 41.4 Å². The van der Waals surface area contributed by atoms with Crippen LogP contribution >= 0.6 is 11.6 Å². The van der Waals surface area contributed by atoms with E-state index in [2.05, 4.69) is 10.6 Å². The summed E-state index contributed by atoms with van der Waals surface area (Å²) in [5.74, 6) is -0.309. The predicted octanol–water partition coefficient (Wildman–Crippen LogP) is 5.52. The summed E-state index contributed by atoms with van der Waals surface area (Å²) < 4.78 is 5.50. The number of carbonyl (C=O) groups is 2. The van der Waals surface area contributed by atoms with Crippen LogP contribution in [0.2, 0.25) is 5.02 Å². The largest absolute Gasteiger partial charge is 0.484 e. The molecule has 3 aromatic rings. The third kappa shape index (κ3) is 6.96. The van der Waals surface area contributed by atoms with Crippen LogP contribution in [0.5, 0.6) is 5.75 Å². The number of nitrogens with one attached hydrogen (secondary N) is 2. The van der Waals surface area contributed by atoms with Crippen molar-refractivity contribution in [1.29, 1.82) is 5.26 Å². The average molecular weight is 460 g/mol. The van der Waals surface area contributed by atoms with Gasteiger partial charge in [-0.25, -0.2) is 0 Å². The maximum Gasteiger partial charge on any atom is 0.266 e. The zero-order valence-electron chi connectivity index (χ0n) is 18.2. The number of hydrogen-bond acceptors (Lipinski definition) is 4. The topological polar surface area (TPSA) is 91.2 Å². The number of aryl methyl sites for hydroxylation is 2. The van der Waals surface area contributed by atoms with Crippen LogP contribution < -0.4 is 15.4 Å². The first-order valence-corrected chi connectivity index (χ1v) is 10.5. The van der Waals surface area contributed by atoms with Crippen LogP contribution in [0.15, 0.2) is 72.3 Å². The zero-order chi connectivity index (χ0) is 23.8. The van der Waals surface area contributed by atoms with E-state index < -0.39 is 5.91 Å². The molecular formula is C26H22ClN3O3. The average Bonchev–Trinajstić information content (AvgIpc) is 2.80. The Morgan fingerprint density at radius 2 is 1.70 bits per heavy atom. The van der Waals surface area contributed by atoms with Gasteiger partial charge >= 0.3 is 0 Å². The number of amides is 2. The van der Waals surface area contributed by atoms with Gasteiger partial charge in [-0.3, -0.25) is 9.59 Å². The number of anilines is 2. The van der Waals surface area contributed by atoms with Crippen LogP contribution in [-0.2, 0) is 9.59 Å². The molecule has 3 rings (SSSR count).